The monoisotopic (exact) mass is 358 g/mol. The number of rotatable bonds is 5. The number of H-pyrrole nitrogens is 1. The molecule has 0 unspecified atom stereocenters. The summed E-state index contributed by atoms with van der Waals surface area (Å²) in [6, 6.07) is 2.71. The van der Waals surface area contributed by atoms with Crippen molar-refractivity contribution >= 4 is 0 Å². The zero-order chi connectivity index (χ0) is 18.0. The van der Waals surface area contributed by atoms with Crippen molar-refractivity contribution in [3.63, 3.8) is 0 Å². The number of nitrogens with one attached hydrogen (secondary N) is 2. The Kier molecular flexibility index (Phi) is 5.05. The molecule has 136 valence electrons. The molecule has 0 saturated carbocycles. The van der Waals surface area contributed by atoms with Gasteiger partial charge in [-0.25, -0.2) is 9.37 Å². The van der Waals surface area contributed by atoms with Crippen LogP contribution in [-0.2, 0) is 17.5 Å². The Hall–Kier alpha value is -2.00. The third kappa shape index (κ3) is 4.16. The molecule has 5 nitrogen and oxygen atoms in total. The number of hydrogen-bond donors (Lipinski definition) is 2. The van der Waals surface area contributed by atoms with Crippen molar-refractivity contribution in [3.05, 3.63) is 46.8 Å². The second-order valence-corrected chi connectivity index (χ2v) is 6.05. The average Bonchev–Trinajstić information content (AvgIpc) is 3.16. The van der Waals surface area contributed by atoms with Crippen molar-refractivity contribution in [2.24, 2.45) is 5.92 Å². The van der Waals surface area contributed by atoms with Gasteiger partial charge in [-0.15, -0.1) is 0 Å². The summed E-state index contributed by atoms with van der Waals surface area (Å²) < 4.78 is 57.8. The highest BCUT2D eigenvalue weighted by Crippen LogP contribution is 2.34. The zero-order valence-corrected chi connectivity index (χ0v) is 13.5. The number of aromatic amines is 1. The lowest BCUT2D eigenvalue weighted by Crippen LogP contribution is -2.26. The number of hydrogen-bond acceptors (Lipinski definition) is 4. The molecule has 1 aromatic heterocycles. The van der Waals surface area contributed by atoms with Crippen LogP contribution in [0.1, 0.15) is 35.3 Å². The zero-order valence-electron chi connectivity index (χ0n) is 13.5. The Morgan fingerprint density at radius 3 is 2.84 bits per heavy atom. The lowest BCUT2D eigenvalue weighted by molar-refractivity contribution is -0.138. The molecule has 0 radical (unpaired) electrons. The van der Waals surface area contributed by atoms with Crippen molar-refractivity contribution in [2.45, 2.75) is 32.2 Å². The van der Waals surface area contributed by atoms with Gasteiger partial charge in [0.05, 0.1) is 5.56 Å². The molecule has 25 heavy (non-hydrogen) atoms. The second kappa shape index (κ2) is 7.09. The molecule has 2 aromatic rings. The van der Waals surface area contributed by atoms with Gasteiger partial charge in [0.25, 0.3) is 0 Å². The molecule has 0 amide bonds. The maximum absolute atomic E-state index is 13.1. The summed E-state index contributed by atoms with van der Waals surface area (Å²) in [6.45, 7) is 2.78. The van der Waals surface area contributed by atoms with E-state index in [0.717, 1.165) is 18.6 Å². The van der Waals surface area contributed by atoms with Crippen LogP contribution in [0.5, 0.6) is 0 Å². The molecule has 2 atom stereocenters. The van der Waals surface area contributed by atoms with Crippen LogP contribution in [0.3, 0.4) is 0 Å². The topological polar surface area (TPSA) is 62.8 Å². The van der Waals surface area contributed by atoms with E-state index in [-0.39, 0.29) is 24.1 Å². The lowest BCUT2D eigenvalue weighted by Gasteiger charge is -2.18. The molecule has 1 aliphatic heterocycles. The fourth-order valence-electron chi connectivity index (χ4n) is 2.97. The smallest absolute Gasteiger partial charge is 0.370 e. The second-order valence-electron chi connectivity index (χ2n) is 6.05. The molecule has 0 spiro atoms. The minimum absolute atomic E-state index is 0.00857. The normalized spacial score (nSPS) is 21.0. The highest BCUT2D eigenvalue weighted by molar-refractivity contribution is 5.30. The molecule has 9 heteroatoms. The number of halogens is 4. The lowest BCUT2D eigenvalue weighted by atomic mass is 10.0. The van der Waals surface area contributed by atoms with E-state index < -0.39 is 17.6 Å². The van der Waals surface area contributed by atoms with Gasteiger partial charge >= 0.3 is 6.18 Å². The molecule has 1 aliphatic rings. The molecule has 1 aromatic carbocycles. The first-order valence-electron chi connectivity index (χ1n) is 7.91. The van der Waals surface area contributed by atoms with E-state index in [4.69, 9.17) is 4.74 Å². The predicted octanol–water partition coefficient (Wildman–Crippen LogP) is 3.14. The van der Waals surface area contributed by atoms with Crippen molar-refractivity contribution in [1.29, 1.82) is 0 Å². The molecule has 0 bridgehead atoms. The summed E-state index contributed by atoms with van der Waals surface area (Å²) in [5.41, 5.74) is -0.943. The van der Waals surface area contributed by atoms with Crippen LogP contribution >= 0.6 is 0 Å². The summed E-state index contributed by atoms with van der Waals surface area (Å²) in [6.07, 6.45) is -4.11. The summed E-state index contributed by atoms with van der Waals surface area (Å²) in [5.74, 6) is 0.392. The van der Waals surface area contributed by atoms with Crippen LogP contribution in [-0.4, -0.2) is 28.3 Å². The fraction of sp³-hybridized carbons (Fsp3) is 0.500. The van der Waals surface area contributed by atoms with E-state index >= 15 is 0 Å². The Balaban J connectivity index is 1.63. The first-order valence-corrected chi connectivity index (χ1v) is 7.91. The van der Waals surface area contributed by atoms with Crippen LogP contribution in [0, 0.1) is 18.7 Å². The SMILES string of the molecule is Cc1nc([C@H]2OCC[C@H]2CNCc2ccc(F)cc2C(F)(F)F)n[nH]1. The van der Waals surface area contributed by atoms with Gasteiger partial charge in [0.2, 0.25) is 0 Å². The molecular weight excluding hydrogens is 340 g/mol. The van der Waals surface area contributed by atoms with Gasteiger partial charge in [0, 0.05) is 25.6 Å². The first-order chi connectivity index (χ1) is 11.8. The highest BCUT2D eigenvalue weighted by atomic mass is 19.4. The Morgan fingerprint density at radius 1 is 1.36 bits per heavy atom. The van der Waals surface area contributed by atoms with E-state index in [2.05, 4.69) is 20.5 Å². The van der Waals surface area contributed by atoms with Crippen molar-refractivity contribution in [3.8, 4) is 0 Å². The third-order valence-corrected chi connectivity index (χ3v) is 4.18. The summed E-state index contributed by atoms with van der Waals surface area (Å²) in [7, 11) is 0. The fourth-order valence-corrected chi connectivity index (χ4v) is 2.97. The third-order valence-electron chi connectivity index (χ3n) is 4.18. The Morgan fingerprint density at radius 2 is 2.16 bits per heavy atom. The van der Waals surface area contributed by atoms with Crippen LogP contribution in [0.2, 0.25) is 0 Å². The average molecular weight is 358 g/mol. The van der Waals surface area contributed by atoms with E-state index in [1.165, 1.54) is 0 Å². The van der Waals surface area contributed by atoms with Crippen LogP contribution in [0.25, 0.3) is 0 Å². The quantitative estimate of drug-likeness (QED) is 0.806. The van der Waals surface area contributed by atoms with Gasteiger partial charge in [0.15, 0.2) is 5.82 Å². The standard InChI is InChI=1S/C16H18F4N4O/c1-9-22-15(24-23-9)14-11(4-5-25-14)8-21-7-10-2-3-12(17)6-13(10)16(18,19)20/h2-3,6,11,14,21H,4-5,7-8H2,1H3,(H,22,23,24)/t11-,14-/m0/s1. The van der Waals surface area contributed by atoms with Gasteiger partial charge < -0.3 is 10.1 Å². The van der Waals surface area contributed by atoms with E-state index in [9.17, 15) is 17.6 Å². The number of nitrogens with zero attached hydrogens (tertiary/aromatic N) is 2. The van der Waals surface area contributed by atoms with Gasteiger partial charge in [-0.1, -0.05) is 6.07 Å². The van der Waals surface area contributed by atoms with Gasteiger partial charge in [-0.2, -0.15) is 18.3 Å². The minimum atomic E-state index is -4.59. The molecule has 1 fully saturated rings. The molecule has 3 rings (SSSR count). The molecule has 2 heterocycles. The number of aromatic nitrogens is 3. The predicted molar refractivity (Wildman–Crippen MR) is 81.0 cm³/mol. The molecule has 1 saturated heterocycles. The molecule has 0 aliphatic carbocycles. The summed E-state index contributed by atoms with van der Waals surface area (Å²) in [4.78, 5) is 4.26. The molecular formula is C16H18F4N4O. The number of benzene rings is 1. The Bertz CT molecular complexity index is 731. The maximum Gasteiger partial charge on any atom is 0.416 e. The van der Waals surface area contributed by atoms with E-state index in [0.29, 0.717) is 30.9 Å². The van der Waals surface area contributed by atoms with Crippen molar-refractivity contribution < 1.29 is 22.3 Å². The largest absolute Gasteiger partial charge is 0.416 e. The van der Waals surface area contributed by atoms with Crippen LogP contribution < -0.4 is 5.32 Å². The highest BCUT2D eigenvalue weighted by Gasteiger charge is 2.34. The number of aryl methyl sites for hydroxylation is 1. The van der Waals surface area contributed by atoms with Crippen LogP contribution in [0.15, 0.2) is 18.2 Å². The molecule has 2 N–H and O–H groups in total. The number of alkyl halides is 3. The van der Waals surface area contributed by atoms with Crippen molar-refractivity contribution in [1.82, 2.24) is 20.5 Å². The first kappa shape index (κ1) is 17.8. The Labute approximate surface area is 141 Å². The minimum Gasteiger partial charge on any atom is -0.370 e. The van der Waals surface area contributed by atoms with Gasteiger partial charge in [-0.05, 0) is 31.0 Å². The number of ether oxygens (including phenoxy) is 1. The van der Waals surface area contributed by atoms with Gasteiger partial charge in [-0.3, -0.25) is 5.10 Å². The van der Waals surface area contributed by atoms with Gasteiger partial charge in [0.1, 0.15) is 17.7 Å². The maximum atomic E-state index is 13.1. The van der Waals surface area contributed by atoms with Crippen LogP contribution in [0.4, 0.5) is 17.6 Å². The van der Waals surface area contributed by atoms with Crippen molar-refractivity contribution in [2.75, 3.05) is 13.2 Å². The van der Waals surface area contributed by atoms with E-state index in [1.54, 1.807) is 6.92 Å². The summed E-state index contributed by atoms with van der Waals surface area (Å²) >= 11 is 0. The van der Waals surface area contributed by atoms with E-state index in [1.807, 2.05) is 0 Å². The summed E-state index contributed by atoms with van der Waals surface area (Å²) in [5, 5.41) is 9.86.